The fourth-order valence-corrected chi connectivity index (χ4v) is 3.37. The smallest absolute Gasteiger partial charge is 0.0932 e. The van der Waals surface area contributed by atoms with Crippen molar-refractivity contribution in [2.24, 2.45) is 5.41 Å². The fraction of sp³-hybridized carbons (Fsp3) is 0.600. The third kappa shape index (κ3) is 1.80. The molecule has 3 fully saturated rings. The van der Waals surface area contributed by atoms with Crippen molar-refractivity contribution in [1.82, 2.24) is 0 Å². The normalized spacial score (nSPS) is 36.1. The lowest BCUT2D eigenvalue weighted by molar-refractivity contribution is -0.202. The molecule has 2 heterocycles. The van der Waals surface area contributed by atoms with E-state index in [4.69, 9.17) is 9.47 Å². The lowest BCUT2D eigenvalue weighted by atomic mass is 9.64. The molecular weight excluding hydrogens is 212 g/mol. The molecule has 2 heteroatoms. The number of methoxy groups -OCH3 is 1. The van der Waals surface area contributed by atoms with E-state index in [1.807, 2.05) is 0 Å². The van der Waals surface area contributed by atoms with Crippen LogP contribution in [0.3, 0.4) is 0 Å². The average Bonchev–Trinajstić information content (AvgIpc) is 2.42. The van der Waals surface area contributed by atoms with Crippen LogP contribution < -0.4 is 0 Å². The van der Waals surface area contributed by atoms with E-state index in [9.17, 15) is 0 Å². The van der Waals surface area contributed by atoms with Crippen LogP contribution in [-0.4, -0.2) is 20.3 Å². The molecule has 0 spiro atoms. The van der Waals surface area contributed by atoms with Crippen LogP contribution in [0, 0.1) is 5.41 Å². The highest BCUT2D eigenvalue weighted by Gasteiger charge is 2.50. The first-order chi connectivity index (χ1) is 8.29. The SMILES string of the molecule is COCC12CCC(c3ccccc3)(CC1)OC2. The van der Waals surface area contributed by atoms with Gasteiger partial charge in [-0.2, -0.15) is 0 Å². The summed E-state index contributed by atoms with van der Waals surface area (Å²) in [6, 6.07) is 10.7. The first-order valence-corrected chi connectivity index (χ1v) is 6.47. The number of hydrogen-bond donors (Lipinski definition) is 0. The van der Waals surface area contributed by atoms with E-state index in [0.717, 1.165) is 26.1 Å². The zero-order chi connectivity index (χ0) is 11.8. The summed E-state index contributed by atoms with van der Waals surface area (Å²) in [6.45, 7) is 1.70. The minimum atomic E-state index is -0.00322. The van der Waals surface area contributed by atoms with Gasteiger partial charge in [0.25, 0.3) is 0 Å². The van der Waals surface area contributed by atoms with Gasteiger partial charge in [-0.3, -0.25) is 0 Å². The van der Waals surface area contributed by atoms with Crippen molar-refractivity contribution < 1.29 is 9.47 Å². The summed E-state index contributed by atoms with van der Waals surface area (Å²) in [7, 11) is 1.79. The highest BCUT2D eigenvalue weighted by atomic mass is 16.5. The largest absolute Gasteiger partial charge is 0.384 e. The summed E-state index contributed by atoms with van der Waals surface area (Å²) in [4.78, 5) is 0. The molecule has 2 bridgehead atoms. The van der Waals surface area contributed by atoms with Gasteiger partial charge >= 0.3 is 0 Å². The number of fused-ring (bicyclic) bond motifs is 3. The van der Waals surface area contributed by atoms with Gasteiger partial charge in [-0.15, -0.1) is 0 Å². The van der Waals surface area contributed by atoms with Crippen molar-refractivity contribution >= 4 is 0 Å². The number of ether oxygens (including phenoxy) is 2. The quantitative estimate of drug-likeness (QED) is 0.797. The van der Waals surface area contributed by atoms with Gasteiger partial charge in [-0.1, -0.05) is 30.3 Å². The second kappa shape index (κ2) is 4.11. The molecule has 1 aliphatic carbocycles. The summed E-state index contributed by atoms with van der Waals surface area (Å²) in [6.07, 6.45) is 4.74. The molecule has 2 nitrogen and oxygen atoms in total. The minimum Gasteiger partial charge on any atom is -0.384 e. The Morgan fingerprint density at radius 3 is 2.35 bits per heavy atom. The molecule has 2 saturated heterocycles. The standard InChI is InChI=1S/C15H20O2/c1-16-11-14-7-9-15(10-8-14,17-12-14)13-5-3-2-4-6-13/h2-6H,7-12H2,1H3. The number of rotatable bonds is 3. The van der Waals surface area contributed by atoms with E-state index in [-0.39, 0.29) is 5.60 Å². The van der Waals surface area contributed by atoms with Gasteiger partial charge in [0.15, 0.2) is 0 Å². The summed E-state index contributed by atoms with van der Waals surface area (Å²) in [5.74, 6) is 0. The van der Waals surface area contributed by atoms with E-state index in [2.05, 4.69) is 30.3 Å². The van der Waals surface area contributed by atoms with E-state index in [1.54, 1.807) is 7.11 Å². The Morgan fingerprint density at radius 2 is 1.82 bits per heavy atom. The Kier molecular flexibility index (Phi) is 2.72. The number of benzene rings is 1. The molecule has 4 rings (SSSR count). The van der Waals surface area contributed by atoms with Crippen LogP contribution >= 0.6 is 0 Å². The van der Waals surface area contributed by atoms with Crippen LogP contribution in [0.4, 0.5) is 0 Å². The Hall–Kier alpha value is -0.860. The molecule has 0 N–H and O–H groups in total. The zero-order valence-electron chi connectivity index (χ0n) is 10.4. The molecule has 3 aliphatic rings. The number of hydrogen-bond acceptors (Lipinski definition) is 2. The van der Waals surface area contributed by atoms with Gasteiger partial charge in [0.05, 0.1) is 18.8 Å². The van der Waals surface area contributed by atoms with Gasteiger partial charge in [0.2, 0.25) is 0 Å². The van der Waals surface area contributed by atoms with Crippen LogP contribution in [0.2, 0.25) is 0 Å². The summed E-state index contributed by atoms with van der Waals surface area (Å²) in [5.41, 5.74) is 1.65. The molecule has 0 unspecified atom stereocenters. The van der Waals surface area contributed by atoms with Crippen molar-refractivity contribution in [3.05, 3.63) is 35.9 Å². The van der Waals surface area contributed by atoms with Crippen LogP contribution in [-0.2, 0) is 15.1 Å². The van der Waals surface area contributed by atoms with Crippen LogP contribution in [0.15, 0.2) is 30.3 Å². The Labute approximate surface area is 103 Å². The highest BCUT2D eigenvalue weighted by molar-refractivity contribution is 5.25. The topological polar surface area (TPSA) is 18.5 Å². The Balaban J connectivity index is 1.82. The maximum Gasteiger partial charge on any atom is 0.0932 e. The molecule has 0 amide bonds. The molecular formula is C15H20O2. The minimum absolute atomic E-state index is 0.00322. The maximum absolute atomic E-state index is 6.23. The second-order valence-corrected chi connectivity index (χ2v) is 5.58. The van der Waals surface area contributed by atoms with Gasteiger partial charge < -0.3 is 9.47 Å². The summed E-state index contributed by atoms with van der Waals surface area (Å²) in [5, 5.41) is 0. The zero-order valence-corrected chi connectivity index (χ0v) is 10.4. The lowest BCUT2D eigenvalue weighted by Gasteiger charge is -2.53. The van der Waals surface area contributed by atoms with E-state index in [1.165, 1.54) is 18.4 Å². The Bertz CT molecular complexity index is 361. The first-order valence-electron chi connectivity index (χ1n) is 6.47. The monoisotopic (exact) mass is 232 g/mol. The lowest BCUT2D eigenvalue weighted by Crippen LogP contribution is -2.51. The van der Waals surface area contributed by atoms with Crippen molar-refractivity contribution in [2.45, 2.75) is 31.3 Å². The fourth-order valence-electron chi connectivity index (χ4n) is 3.37. The molecule has 1 aromatic rings. The molecule has 0 aromatic heterocycles. The molecule has 0 atom stereocenters. The van der Waals surface area contributed by atoms with Crippen LogP contribution in [0.5, 0.6) is 0 Å². The van der Waals surface area contributed by atoms with Gasteiger partial charge in [0, 0.05) is 12.5 Å². The van der Waals surface area contributed by atoms with Crippen molar-refractivity contribution in [2.75, 3.05) is 20.3 Å². The molecule has 92 valence electrons. The highest BCUT2D eigenvalue weighted by Crippen LogP contribution is 2.53. The third-order valence-electron chi connectivity index (χ3n) is 4.52. The van der Waals surface area contributed by atoms with Gasteiger partial charge in [-0.25, -0.2) is 0 Å². The third-order valence-corrected chi connectivity index (χ3v) is 4.52. The second-order valence-electron chi connectivity index (χ2n) is 5.58. The molecule has 17 heavy (non-hydrogen) atoms. The summed E-state index contributed by atoms with van der Waals surface area (Å²) >= 11 is 0. The first kappa shape index (κ1) is 11.2. The molecule has 0 radical (unpaired) electrons. The predicted molar refractivity (Wildman–Crippen MR) is 66.8 cm³/mol. The predicted octanol–water partition coefficient (Wildman–Crippen LogP) is 3.12. The summed E-state index contributed by atoms with van der Waals surface area (Å²) < 4.78 is 11.6. The van der Waals surface area contributed by atoms with E-state index < -0.39 is 0 Å². The van der Waals surface area contributed by atoms with E-state index in [0.29, 0.717) is 5.41 Å². The maximum atomic E-state index is 6.23. The molecule has 1 saturated carbocycles. The molecule has 1 aromatic carbocycles. The van der Waals surface area contributed by atoms with E-state index >= 15 is 0 Å². The molecule has 2 aliphatic heterocycles. The van der Waals surface area contributed by atoms with Crippen molar-refractivity contribution in [1.29, 1.82) is 0 Å². The average molecular weight is 232 g/mol. The van der Waals surface area contributed by atoms with Crippen LogP contribution in [0.1, 0.15) is 31.2 Å². The van der Waals surface area contributed by atoms with Crippen LogP contribution in [0.25, 0.3) is 0 Å². The Morgan fingerprint density at radius 1 is 1.12 bits per heavy atom. The van der Waals surface area contributed by atoms with Crippen molar-refractivity contribution in [3.63, 3.8) is 0 Å². The van der Waals surface area contributed by atoms with Crippen molar-refractivity contribution in [3.8, 4) is 0 Å². The van der Waals surface area contributed by atoms with Gasteiger partial charge in [-0.05, 0) is 31.2 Å². The van der Waals surface area contributed by atoms with Gasteiger partial charge in [0.1, 0.15) is 0 Å².